The van der Waals surface area contributed by atoms with Crippen LogP contribution < -0.4 is 5.73 Å². The smallest absolute Gasteiger partial charge is 0.320 e. The van der Waals surface area contributed by atoms with Crippen LogP contribution in [0.25, 0.3) is 0 Å². The third kappa shape index (κ3) is 5.51. The van der Waals surface area contributed by atoms with Gasteiger partial charge in [0.1, 0.15) is 5.25 Å². The Labute approximate surface area is 81.8 Å². The number of thioether (sulfide) groups is 1. The highest BCUT2D eigenvalue weighted by molar-refractivity contribution is 8.01. The summed E-state index contributed by atoms with van der Waals surface area (Å²) >= 11 is 5.24. The molecule has 5 heteroatoms. The normalized spacial score (nSPS) is 20.0. The SMILES string of the molecule is NCCS.O=C(O)C1C=CCS1. The van der Waals surface area contributed by atoms with Crippen molar-refractivity contribution in [3.8, 4) is 0 Å². The van der Waals surface area contributed by atoms with Crippen LogP contribution in [-0.2, 0) is 4.79 Å². The highest BCUT2D eigenvalue weighted by Crippen LogP contribution is 2.18. The Morgan fingerprint density at radius 3 is 2.58 bits per heavy atom. The number of aliphatic carboxylic acids is 1. The zero-order valence-corrected chi connectivity index (χ0v) is 8.35. The maximum atomic E-state index is 10.1. The van der Waals surface area contributed by atoms with Crippen LogP contribution in [0.2, 0.25) is 0 Å². The molecule has 0 aromatic rings. The van der Waals surface area contributed by atoms with Gasteiger partial charge in [0.2, 0.25) is 0 Å². The predicted molar refractivity (Wildman–Crippen MR) is 55.9 cm³/mol. The largest absolute Gasteiger partial charge is 0.480 e. The van der Waals surface area contributed by atoms with Crippen LogP contribution >= 0.6 is 24.4 Å². The van der Waals surface area contributed by atoms with Crippen molar-refractivity contribution in [2.45, 2.75) is 5.25 Å². The number of hydrogen-bond donors (Lipinski definition) is 3. The summed E-state index contributed by atoms with van der Waals surface area (Å²) in [7, 11) is 0. The molecule has 0 bridgehead atoms. The Morgan fingerprint density at radius 2 is 2.42 bits per heavy atom. The number of thiol groups is 1. The van der Waals surface area contributed by atoms with E-state index < -0.39 is 5.97 Å². The van der Waals surface area contributed by atoms with E-state index in [1.165, 1.54) is 11.8 Å². The lowest BCUT2D eigenvalue weighted by Gasteiger charge is -1.95. The molecule has 1 atom stereocenters. The molecule has 1 aliphatic heterocycles. The molecule has 1 aliphatic rings. The van der Waals surface area contributed by atoms with Crippen LogP contribution in [0, 0.1) is 0 Å². The lowest BCUT2D eigenvalue weighted by molar-refractivity contribution is -0.135. The molecule has 0 saturated heterocycles. The van der Waals surface area contributed by atoms with Gasteiger partial charge in [0.05, 0.1) is 0 Å². The van der Waals surface area contributed by atoms with E-state index >= 15 is 0 Å². The third-order valence-corrected chi connectivity index (χ3v) is 2.42. The van der Waals surface area contributed by atoms with Gasteiger partial charge in [-0.25, -0.2) is 0 Å². The Balaban J connectivity index is 0.000000261. The fourth-order valence-electron chi connectivity index (χ4n) is 0.548. The zero-order valence-electron chi connectivity index (χ0n) is 6.64. The highest BCUT2D eigenvalue weighted by Gasteiger charge is 2.16. The maximum Gasteiger partial charge on any atom is 0.320 e. The monoisotopic (exact) mass is 207 g/mol. The van der Waals surface area contributed by atoms with Gasteiger partial charge in [0, 0.05) is 18.1 Å². The fourth-order valence-corrected chi connectivity index (χ4v) is 1.34. The number of rotatable bonds is 2. The van der Waals surface area contributed by atoms with E-state index in [9.17, 15) is 4.79 Å². The molecule has 1 heterocycles. The number of nitrogens with two attached hydrogens (primary N) is 1. The van der Waals surface area contributed by atoms with Crippen molar-refractivity contribution in [3.63, 3.8) is 0 Å². The van der Waals surface area contributed by atoms with Crippen LogP contribution in [0.1, 0.15) is 0 Å². The minimum absolute atomic E-state index is 0.282. The van der Waals surface area contributed by atoms with Crippen molar-refractivity contribution >= 4 is 30.4 Å². The molecular weight excluding hydrogens is 194 g/mol. The van der Waals surface area contributed by atoms with Crippen LogP contribution in [0.4, 0.5) is 0 Å². The van der Waals surface area contributed by atoms with E-state index in [2.05, 4.69) is 12.6 Å². The second-order valence-corrected chi connectivity index (χ2v) is 3.65. The first kappa shape index (κ1) is 11.9. The van der Waals surface area contributed by atoms with Gasteiger partial charge in [0.25, 0.3) is 0 Å². The average molecular weight is 207 g/mol. The van der Waals surface area contributed by atoms with Gasteiger partial charge in [0.15, 0.2) is 0 Å². The van der Waals surface area contributed by atoms with Crippen LogP contribution in [0.3, 0.4) is 0 Å². The van der Waals surface area contributed by atoms with Gasteiger partial charge in [-0.05, 0) is 0 Å². The van der Waals surface area contributed by atoms with Gasteiger partial charge in [-0.1, -0.05) is 12.2 Å². The summed E-state index contributed by atoms with van der Waals surface area (Å²) in [6.45, 7) is 0.684. The van der Waals surface area contributed by atoms with Gasteiger partial charge < -0.3 is 10.8 Å². The van der Waals surface area contributed by atoms with E-state index in [4.69, 9.17) is 10.8 Å². The third-order valence-electron chi connectivity index (χ3n) is 1.06. The summed E-state index contributed by atoms with van der Waals surface area (Å²) in [5.41, 5.74) is 4.95. The molecule has 3 nitrogen and oxygen atoms in total. The van der Waals surface area contributed by atoms with Crippen molar-refractivity contribution in [1.82, 2.24) is 0 Å². The molecule has 0 aromatic carbocycles. The molecule has 1 unspecified atom stereocenters. The zero-order chi connectivity index (χ0) is 9.40. The summed E-state index contributed by atoms with van der Waals surface area (Å²) in [4.78, 5) is 10.1. The van der Waals surface area contributed by atoms with Gasteiger partial charge in [-0.2, -0.15) is 12.6 Å². The van der Waals surface area contributed by atoms with E-state index in [0.29, 0.717) is 6.54 Å². The summed E-state index contributed by atoms with van der Waals surface area (Å²) in [5.74, 6) is 0.903. The van der Waals surface area contributed by atoms with E-state index in [1.54, 1.807) is 6.08 Å². The van der Waals surface area contributed by atoms with Crippen molar-refractivity contribution in [3.05, 3.63) is 12.2 Å². The molecule has 0 amide bonds. The minimum Gasteiger partial charge on any atom is -0.480 e. The Kier molecular flexibility index (Phi) is 7.43. The second-order valence-electron chi connectivity index (χ2n) is 2.03. The molecule has 0 saturated carbocycles. The maximum absolute atomic E-state index is 10.1. The number of hydrogen-bond acceptors (Lipinski definition) is 4. The summed E-state index contributed by atoms with van der Waals surface area (Å²) in [6, 6.07) is 0. The Bertz CT molecular complexity index is 159. The molecule has 0 aromatic heterocycles. The Hall–Kier alpha value is -0.130. The van der Waals surface area contributed by atoms with Crippen LogP contribution in [0.15, 0.2) is 12.2 Å². The standard InChI is InChI=1S/C5H6O2S.C2H7NS/c6-5(7)4-2-1-3-8-4;3-1-2-4/h1-2,4H,3H2,(H,6,7);4H,1-3H2. The topological polar surface area (TPSA) is 63.3 Å². The first-order valence-electron chi connectivity index (χ1n) is 3.54. The summed E-state index contributed by atoms with van der Waals surface area (Å²) in [5, 5.41) is 8.06. The molecule has 0 fully saturated rings. The van der Waals surface area contributed by atoms with Crippen molar-refractivity contribution in [1.29, 1.82) is 0 Å². The molecule has 12 heavy (non-hydrogen) atoms. The molecule has 1 rings (SSSR count). The second kappa shape index (κ2) is 7.52. The van der Waals surface area contributed by atoms with E-state index in [0.717, 1.165) is 11.5 Å². The van der Waals surface area contributed by atoms with Gasteiger partial charge >= 0.3 is 5.97 Å². The van der Waals surface area contributed by atoms with Crippen LogP contribution in [-0.4, -0.2) is 34.4 Å². The lowest BCUT2D eigenvalue weighted by atomic mass is 10.4. The Morgan fingerprint density at radius 1 is 1.83 bits per heavy atom. The number of carboxylic acid groups (broad SMARTS) is 1. The molecule has 0 aliphatic carbocycles. The summed E-state index contributed by atoms with van der Waals surface area (Å²) < 4.78 is 0. The summed E-state index contributed by atoms with van der Waals surface area (Å²) in [6.07, 6.45) is 3.59. The van der Waals surface area contributed by atoms with E-state index in [1.807, 2.05) is 6.08 Å². The number of carboxylic acids is 1. The van der Waals surface area contributed by atoms with E-state index in [-0.39, 0.29) is 5.25 Å². The molecule has 0 spiro atoms. The van der Waals surface area contributed by atoms with Crippen molar-refractivity contribution in [2.24, 2.45) is 5.73 Å². The predicted octanol–water partition coefficient (Wildman–Crippen LogP) is 0.618. The van der Waals surface area contributed by atoms with Gasteiger partial charge in [-0.3, -0.25) is 4.79 Å². The number of carbonyl (C=O) groups is 1. The first-order chi connectivity index (χ1) is 5.72. The van der Waals surface area contributed by atoms with Crippen LogP contribution in [0.5, 0.6) is 0 Å². The molecular formula is C7H13NO2S2. The molecule has 3 N–H and O–H groups in total. The molecule has 70 valence electrons. The fraction of sp³-hybridized carbons (Fsp3) is 0.571. The van der Waals surface area contributed by atoms with Crippen molar-refractivity contribution in [2.75, 3.05) is 18.1 Å². The minimum atomic E-state index is -0.733. The average Bonchev–Trinajstić information content (AvgIpc) is 2.57. The van der Waals surface area contributed by atoms with Crippen molar-refractivity contribution < 1.29 is 9.90 Å². The quantitative estimate of drug-likeness (QED) is 0.459. The highest BCUT2D eigenvalue weighted by atomic mass is 32.2. The van der Waals surface area contributed by atoms with Gasteiger partial charge in [-0.15, -0.1) is 11.8 Å². The molecule has 0 radical (unpaired) electrons. The lowest BCUT2D eigenvalue weighted by Crippen LogP contribution is -2.10. The first-order valence-corrected chi connectivity index (χ1v) is 5.22.